The fourth-order valence-corrected chi connectivity index (χ4v) is 3.61. The van der Waals surface area contributed by atoms with Crippen LogP contribution >= 0.6 is 0 Å². The van der Waals surface area contributed by atoms with E-state index in [2.05, 4.69) is 4.98 Å². The highest BCUT2D eigenvalue weighted by atomic mass is 32.2. The first kappa shape index (κ1) is 18.2. The molecule has 3 aromatic rings. The van der Waals surface area contributed by atoms with Gasteiger partial charge in [-0.3, -0.25) is 4.98 Å². The van der Waals surface area contributed by atoms with Gasteiger partial charge in [-0.05, 0) is 24.3 Å². The van der Waals surface area contributed by atoms with E-state index in [-0.39, 0.29) is 16.1 Å². The predicted octanol–water partition coefficient (Wildman–Crippen LogP) is 4.31. The number of rotatable bonds is 4. The van der Waals surface area contributed by atoms with Crippen molar-refractivity contribution in [2.75, 3.05) is 7.11 Å². The zero-order valence-electron chi connectivity index (χ0n) is 15.2. The Bertz CT molecular complexity index is 1040. The molecule has 0 unspecified atom stereocenters. The van der Waals surface area contributed by atoms with Gasteiger partial charge in [0.1, 0.15) is 10.6 Å². The van der Waals surface area contributed by atoms with E-state index in [1.165, 1.54) is 19.2 Å². The van der Waals surface area contributed by atoms with Crippen LogP contribution in [0.25, 0.3) is 10.8 Å². The molecule has 0 saturated heterocycles. The molecule has 0 radical (unpaired) electrons. The molecule has 136 valence electrons. The van der Waals surface area contributed by atoms with Crippen LogP contribution in [0.15, 0.2) is 59.6 Å². The van der Waals surface area contributed by atoms with E-state index in [0.29, 0.717) is 16.8 Å². The van der Waals surface area contributed by atoms with Crippen molar-refractivity contribution in [2.24, 2.45) is 0 Å². The van der Waals surface area contributed by atoms with E-state index >= 15 is 0 Å². The SMILES string of the molecule is COc1ccc(S(=O)(=O)Oc2c(C(C)(C)C)ncc3ccccc23)cc1. The van der Waals surface area contributed by atoms with Crippen LogP contribution in [0.5, 0.6) is 11.5 Å². The predicted molar refractivity (Wildman–Crippen MR) is 101 cm³/mol. The van der Waals surface area contributed by atoms with E-state index in [9.17, 15) is 8.42 Å². The van der Waals surface area contributed by atoms with E-state index in [0.717, 1.165) is 5.39 Å². The summed E-state index contributed by atoms with van der Waals surface area (Å²) in [6, 6.07) is 13.5. The Morgan fingerprint density at radius 3 is 2.23 bits per heavy atom. The molecule has 3 rings (SSSR count). The van der Waals surface area contributed by atoms with Gasteiger partial charge in [0.25, 0.3) is 0 Å². The molecule has 0 spiro atoms. The minimum Gasteiger partial charge on any atom is -0.497 e. The van der Waals surface area contributed by atoms with Crippen LogP contribution < -0.4 is 8.92 Å². The van der Waals surface area contributed by atoms with Gasteiger partial charge >= 0.3 is 10.1 Å². The Morgan fingerprint density at radius 2 is 1.62 bits per heavy atom. The molecule has 0 aliphatic rings. The van der Waals surface area contributed by atoms with Crippen LogP contribution in [0, 0.1) is 0 Å². The smallest absolute Gasteiger partial charge is 0.339 e. The van der Waals surface area contributed by atoms with E-state index in [1.807, 2.05) is 45.0 Å². The number of nitrogens with zero attached hydrogens (tertiary/aromatic N) is 1. The van der Waals surface area contributed by atoms with E-state index in [1.54, 1.807) is 18.3 Å². The molecular formula is C20H21NO4S. The first-order chi connectivity index (χ1) is 12.2. The average Bonchev–Trinajstić information content (AvgIpc) is 2.61. The highest BCUT2D eigenvalue weighted by Gasteiger charge is 2.27. The quantitative estimate of drug-likeness (QED) is 0.640. The summed E-state index contributed by atoms with van der Waals surface area (Å²) in [5.74, 6) is 0.845. The lowest BCUT2D eigenvalue weighted by atomic mass is 9.90. The summed E-state index contributed by atoms with van der Waals surface area (Å²) in [6.07, 6.45) is 1.74. The van der Waals surface area contributed by atoms with Crippen LogP contribution in [0.1, 0.15) is 26.5 Å². The number of methoxy groups -OCH3 is 1. The van der Waals surface area contributed by atoms with Gasteiger partial charge in [-0.15, -0.1) is 0 Å². The van der Waals surface area contributed by atoms with Crippen molar-refractivity contribution >= 4 is 20.9 Å². The molecule has 2 aromatic carbocycles. The number of fused-ring (bicyclic) bond motifs is 1. The van der Waals surface area contributed by atoms with Gasteiger partial charge in [-0.2, -0.15) is 8.42 Å². The van der Waals surface area contributed by atoms with Crippen molar-refractivity contribution in [1.82, 2.24) is 4.98 Å². The summed E-state index contributed by atoms with van der Waals surface area (Å²) in [4.78, 5) is 4.54. The molecule has 0 amide bonds. The van der Waals surface area contributed by atoms with Gasteiger partial charge in [0, 0.05) is 22.4 Å². The number of aromatic nitrogens is 1. The Kier molecular flexibility index (Phi) is 4.63. The third kappa shape index (κ3) is 3.51. The molecule has 5 nitrogen and oxygen atoms in total. The first-order valence-electron chi connectivity index (χ1n) is 8.19. The summed E-state index contributed by atoms with van der Waals surface area (Å²) < 4.78 is 36.3. The molecule has 6 heteroatoms. The largest absolute Gasteiger partial charge is 0.497 e. The molecule has 0 aliphatic heterocycles. The average molecular weight is 371 g/mol. The maximum atomic E-state index is 12.8. The standard InChI is InChI=1S/C20H21NO4S/c1-20(2,3)19-18(17-8-6-5-7-14(17)13-21-19)25-26(22,23)16-11-9-15(24-4)10-12-16/h5-13H,1-4H3. The van der Waals surface area contributed by atoms with Crippen molar-refractivity contribution in [3.05, 3.63) is 60.4 Å². The molecule has 0 atom stereocenters. The number of benzene rings is 2. The second kappa shape index (κ2) is 6.61. The van der Waals surface area contributed by atoms with Gasteiger partial charge in [0.15, 0.2) is 5.75 Å². The van der Waals surface area contributed by atoms with Crippen molar-refractivity contribution in [3.8, 4) is 11.5 Å². The third-order valence-electron chi connectivity index (χ3n) is 4.00. The molecule has 1 heterocycles. The van der Waals surface area contributed by atoms with Gasteiger partial charge in [0.05, 0.1) is 12.8 Å². The van der Waals surface area contributed by atoms with E-state index < -0.39 is 10.1 Å². The molecule has 0 aliphatic carbocycles. The van der Waals surface area contributed by atoms with Gasteiger partial charge < -0.3 is 8.92 Å². The Balaban J connectivity index is 2.14. The summed E-state index contributed by atoms with van der Waals surface area (Å²) in [7, 11) is -2.48. The molecule has 0 fully saturated rings. The van der Waals surface area contributed by atoms with Gasteiger partial charge in [0.2, 0.25) is 0 Å². The van der Waals surface area contributed by atoms with E-state index in [4.69, 9.17) is 8.92 Å². The number of pyridine rings is 1. The minimum absolute atomic E-state index is 0.0612. The lowest BCUT2D eigenvalue weighted by Gasteiger charge is -2.22. The summed E-state index contributed by atoms with van der Waals surface area (Å²) in [5.41, 5.74) is 0.211. The highest BCUT2D eigenvalue weighted by molar-refractivity contribution is 7.87. The maximum absolute atomic E-state index is 12.8. The summed E-state index contributed by atoms with van der Waals surface area (Å²) >= 11 is 0. The van der Waals surface area contributed by atoms with Crippen molar-refractivity contribution in [2.45, 2.75) is 31.1 Å². The van der Waals surface area contributed by atoms with Crippen LogP contribution in [0.3, 0.4) is 0 Å². The van der Waals surface area contributed by atoms with Crippen LogP contribution in [0.2, 0.25) is 0 Å². The second-order valence-corrected chi connectivity index (χ2v) is 8.53. The van der Waals surface area contributed by atoms with Crippen LogP contribution in [-0.2, 0) is 15.5 Å². The van der Waals surface area contributed by atoms with Crippen molar-refractivity contribution in [1.29, 1.82) is 0 Å². The molecule has 0 bridgehead atoms. The van der Waals surface area contributed by atoms with Crippen molar-refractivity contribution in [3.63, 3.8) is 0 Å². The fourth-order valence-electron chi connectivity index (χ4n) is 2.66. The summed E-state index contributed by atoms with van der Waals surface area (Å²) in [5, 5.41) is 1.53. The zero-order chi connectivity index (χ0) is 18.9. The number of ether oxygens (including phenoxy) is 1. The van der Waals surface area contributed by atoms with Crippen LogP contribution in [0.4, 0.5) is 0 Å². The summed E-state index contributed by atoms with van der Waals surface area (Å²) in [6.45, 7) is 5.91. The third-order valence-corrected chi connectivity index (χ3v) is 5.24. The zero-order valence-corrected chi connectivity index (χ0v) is 16.0. The first-order valence-corrected chi connectivity index (χ1v) is 9.60. The lowest BCUT2D eigenvalue weighted by molar-refractivity contribution is 0.414. The lowest BCUT2D eigenvalue weighted by Crippen LogP contribution is -2.18. The normalized spacial score (nSPS) is 12.2. The van der Waals surface area contributed by atoms with Gasteiger partial charge in [-0.1, -0.05) is 45.0 Å². The van der Waals surface area contributed by atoms with Gasteiger partial charge in [-0.25, -0.2) is 0 Å². The highest BCUT2D eigenvalue weighted by Crippen LogP contribution is 2.37. The molecule has 1 aromatic heterocycles. The topological polar surface area (TPSA) is 65.5 Å². The number of hydrogen-bond acceptors (Lipinski definition) is 5. The maximum Gasteiger partial charge on any atom is 0.339 e. The monoisotopic (exact) mass is 371 g/mol. The second-order valence-electron chi connectivity index (χ2n) is 6.99. The molecule has 26 heavy (non-hydrogen) atoms. The Labute approximate surface area is 153 Å². The number of hydrogen-bond donors (Lipinski definition) is 0. The molecular weight excluding hydrogens is 350 g/mol. The Morgan fingerprint density at radius 1 is 0.962 bits per heavy atom. The molecule has 0 saturated carbocycles. The Hall–Kier alpha value is -2.60. The van der Waals surface area contributed by atoms with Crippen molar-refractivity contribution < 1.29 is 17.3 Å². The minimum atomic E-state index is -4.01. The fraction of sp³-hybridized carbons (Fsp3) is 0.250. The van der Waals surface area contributed by atoms with Crippen LogP contribution in [-0.4, -0.2) is 20.5 Å². The molecule has 0 N–H and O–H groups in total.